The van der Waals surface area contributed by atoms with Crippen molar-refractivity contribution >= 4 is 31.8 Å². The fourth-order valence-corrected chi connectivity index (χ4v) is 6.47. The first-order valence-corrected chi connectivity index (χ1v) is 16.4. The number of sulfone groups is 1. The highest BCUT2D eigenvalue weighted by molar-refractivity contribution is 7.90. The molecule has 5 aromatic heterocycles. The van der Waals surface area contributed by atoms with E-state index in [1.165, 1.54) is 12.1 Å². The van der Waals surface area contributed by atoms with Gasteiger partial charge >= 0.3 is 0 Å². The Kier molecular flexibility index (Phi) is 7.16. The van der Waals surface area contributed by atoms with Gasteiger partial charge in [0.15, 0.2) is 5.65 Å². The Bertz CT molecular complexity index is 2180. The van der Waals surface area contributed by atoms with Gasteiger partial charge in [0, 0.05) is 78.0 Å². The van der Waals surface area contributed by atoms with Gasteiger partial charge in [-0.05, 0) is 53.4 Å². The number of benzene rings is 1. The molecule has 7 rings (SSSR count). The van der Waals surface area contributed by atoms with Crippen molar-refractivity contribution in [3.63, 3.8) is 0 Å². The number of aromatic nitrogens is 6. The molecule has 0 bridgehead atoms. The molecule has 0 amide bonds. The molecular formula is C32H28F3N7O2S. The minimum Gasteiger partial charge on any atom is -0.352 e. The van der Waals surface area contributed by atoms with Gasteiger partial charge < -0.3 is 4.98 Å². The molecule has 0 spiro atoms. The number of halogens is 3. The smallest absolute Gasteiger partial charge is 0.261 e. The lowest BCUT2D eigenvalue weighted by Gasteiger charge is -2.15. The summed E-state index contributed by atoms with van der Waals surface area (Å²) in [7, 11) is -3.20. The SMILES string of the molecule is CS(=O)(=O)CCc1cc(F)cc(-c2cncc3[nH]c(-c4[nH]nc5ncc(-c6cncc(CN7CCC(F)(F)C7)c6)cc45)cc23)c1. The van der Waals surface area contributed by atoms with Crippen molar-refractivity contribution in [2.24, 2.45) is 0 Å². The molecule has 45 heavy (non-hydrogen) atoms. The van der Waals surface area contributed by atoms with Crippen LogP contribution in [-0.4, -0.2) is 74.5 Å². The van der Waals surface area contributed by atoms with Gasteiger partial charge in [0.2, 0.25) is 0 Å². The molecule has 1 saturated heterocycles. The number of aryl methyl sites for hydroxylation is 1. The Labute approximate surface area is 256 Å². The maximum absolute atomic E-state index is 14.6. The summed E-state index contributed by atoms with van der Waals surface area (Å²) in [5, 5.41) is 9.01. The average molecular weight is 632 g/mol. The van der Waals surface area contributed by atoms with Crippen molar-refractivity contribution in [3.8, 4) is 33.6 Å². The van der Waals surface area contributed by atoms with Gasteiger partial charge in [-0.25, -0.2) is 26.6 Å². The highest BCUT2D eigenvalue weighted by Crippen LogP contribution is 2.35. The van der Waals surface area contributed by atoms with Crippen LogP contribution in [0.4, 0.5) is 13.2 Å². The Balaban J connectivity index is 1.22. The summed E-state index contributed by atoms with van der Waals surface area (Å²) in [6.07, 6.45) is 9.68. The van der Waals surface area contributed by atoms with E-state index in [2.05, 4.69) is 30.1 Å². The second kappa shape index (κ2) is 11.1. The minimum atomic E-state index is -3.20. The second-order valence-corrected chi connectivity index (χ2v) is 13.9. The lowest BCUT2D eigenvalue weighted by atomic mass is 10.0. The third-order valence-electron chi connectivity index (χ3n) is 8.04. The Morgan fingerprint density at radius 3 is 2.51 bits per heavy atom. The third kappa shape index (κ3) is 6.18. The molecule has 1 fully saturated rings. The van der Waals surface area contributed by atoms with Crippen molar-refractivity contribution in [1.82, 2.24) is 35.0 Å². The van der Waals surface area contributed by atoms with Crippen LogP contribution in [-0.2, 0) is 22.8 Å². The molecule has 6 aromatic rings. The van der Waals surface area contributed by atoms with Crippen LogP contribution < -0.4 is 0 Å². The van der Waals surface area contributed by atoms with Gasteiger partial charge in [-0.15, -0.1) is 0 Å². The van der Waals surface area contributed by atoms with E-state index in [1.807, 2.05) is 18.2 Å². The molecule has 1 aliphatic heterocycles. The van der Waals surface area contributed by atoms with Gasteiger partial charge in [0.05, 0.1) is 35.4 Å². The van der Waals surface area contributed by atoms with Crippen molar-refractivity contribution in [2.45, 2.75) is 25.3 Å². The van der Waals surface area contributed by atoms with E-state index in [9.17, 15) is 21.6 Å². The first-order valence-electron chi connectivity index (χ1n) is 14.3. The first kappa shape index (κ1) is 29.1. The normalized spacial score (nSPS) is 15.4. The van der Waals surface area contributed by atoms with Crippen LogP contribution in [0.5, 0.6) is 0 Å². The number of pyridine rings is 3. The van der Waals surface area contributed by atoms with E-state index >= 15 is 0 Å². The van der Waals surface area contributed by atoms with Gasteiger partial charge in [0.1, 0.15) is 15.7 Å². The fourth-order valence-electron chi connectivity index (χ4n) is 5.86. The molecule has 1 aliphatic rings. The number of likely N-dealkylation sites (tertiary alicyclic amines) is 1. The van der Waals surface area contributed by atoms with Crippen LogP contribution in [0.1, 0.15) is 17.5 Å². The lowest BCUT2D eigenvalue weighted by Crippen LogP contribution is -2.24. The molecule has 0 unspecified atom stereocenters. The van der Waals surface area contributed by atoms with E-state index in [4.69, 9.17) is 0 Å². The zero-order valence-electron chi connectivity index (χ0n) is 24.2. The molecule has 2 N–H and O–H groups in total. The summed E-state index contributed by atoms with van der Waals surface area (Å²) in [6.45, 7) is 0.474. The molecule has 0 aliphatic carbocycles. The van der Waals surface area contributed by atoms with Crippen LogP contribution in [0.3, 0.4) is 0 Å². The summed E-state index contributed by atoms with van der Waals surface area (Å²) >= 11 is 0. The topological polar surface area (TPSA) is 121 Å². The highest BCUT2D eigenvalue weighted by Gasteiger charge is 2.37. The summed E-state index contributed by atoms with van der Waals surface area (Å²) in [4.78, 5) is 18.4. The number of nitrogens with zero attached hydrogens (tertiary/aromatic N) is 5. The molecule has 0 atom stereocenters. The molecule has 230 valence electrons. The van der Waals surface area contributed by atoms with E-state index in [1.54, 1.807) is 42.0 Å². The van der Waals surface area contributed by atoms with E-state index in [0.717, 1.165) is 44.9 Å². The summed E-state index contributed by atoms with van der Waals surface area (Å²) in [5.41, 5.74) is 6.95. The first-order chi connectivity index (χ1) is 21.5. The van der Waals surface area contributed by atoms with Crippen LogP contribution in [0.2, 0.25) is 0 Å². The monoisotopic (exact) mass is 631 g/mol. The maximum Gasteiger partial charge on any atom is 0.261 e. The third-order valence-corrected chi connectivity index (χ3v) is 8.98. The number of nitrogens with one attached hydrogen (secondary N) is 2. The minimum absolute atomic E-state index is 0.0761. The number of aromatic amines is 2. The van der Waals surface area contributed by atoms with Crippen LogP contribution in [0, 0.1) is 5.82 Å². The van der Waals surface area contributed by atoms with Crippen LogP contribution in [0.15, 0.2) is 67.4 Å². The van der Waals surface area contributed by atoms with Crippen LogP contribution in [0.25, 0.3) is 55.6 Å². The molecule has 13 heteroatoms. The average Bonchev–Trinajstić information content (AvgIpc) is 3.71. The number of alkyl halides is 2. The summed E-state index contributed by atoms with van der Waals surface area (Å²) in [6, 6.07) is 10.4. The second-order valence-electron chi connectivity index (χ2n) is 11.7. The van der Waals surface area contributed by atoms with Crippen molar-refractivity contribution in [2.75, 3.05) is 25.1 Å². The van der Waals surface area contributed by atoms with E-state index < -0.39 is 21.6 Å². The molecule has 1 aromatic carbocycles. The standard InChI is InChI=1S/C32H28F3N7O2S/c1-45(43,44)5-2-19-6-21(9-24(33)8-19)27-15-37-16-29-25(27)11-28(39-29)30-26-10-23(14-38-31(26)41-40-30)22-7-20(12-36-13-22)17-42-4-3-32(34,35)18-42/h6-16,39H,2-5,17-18H2,1H3,(H,38,40,41). The summed E-state index contributed by atoms with van der Waals surface area (Å²) < 4.78 is 65.4. The number of H-pyrrole nitrogens is 2. The van der Waals surface area contributed by atoms with Gasteiger partial charge in [-0.1, -0.05) is 6.07 Å². The predicted molar refractivity (Wildman–Crippen MR) is 166 cm³/mol. The van der Waals surface area contributed by atoms with Crippen molar-refractivity contribution in [3.05, 3.63) is 84.3 Å². The Morgan fingerprint density at radius 2 is 1.71 bits per heavy atom. The van der Waals surface area contributed by atoms with Gasteiger partial charge in [0.25, 0.3) is 5.92 Å². The zero-order valence-corrected chi connectivity index (χ0v) is 25.0. The molecule has 9 nitrogen and oxygen atoms in total. The van der Waals surface area contributed by atoms with Gasteiger partial charge in [-0.2, -0.15) is 5.10 Å². The molecule has 0 saturated carbocycles. The molecular weight excluding hydrogens is 603 g/mol. The van der Waals surface area contributed by atoms with Crippen LogP contribution >= 0.6 is 0 Å². The highest BCUT2D eigenvalue weighted by atomic mass is 32.2. The predicted octanol–water partition coefficient (Wildman–Crippen LogP) is 5.80. The van der Waals surface area contributed by atoms with E-state index in [-0.39, 0.29) is 25.1 Å². The van der Waals surface area contributed by atoms with Crippen molar-refractivity contribution < 1.29 is 21.6 Å². The largest absolute Gasteiger partial charge is 0.352 e. The maximum atomic E-state index is 14.6. The molecule has 6 heterocycles. The number of hydrogen-bond acceptors (Lipinski definition) is 7. The van der Waals surface area contributed by atoms with E-state index in [0.29, 0.717) is 41.1 Å². The lowest BCUT2D eigenvalue weighted by molar-refractivity contribution is 0.0115. The van der Waals surface area contributed by atoms with Gasteiger partial charge in [-0.3, -0.25) is 20.0 Å². The number of rotatable bonds is 8. The Hall–Kier alpha value is -4.62. The quantitative estimate of drug-likeness (QED) is 0.218. The summed E-state index contributed by atoms with van der Waals surface area (Å²) in [5.74, 6) is -3.19. The molecule has 0 radical (unpaired) electrons. The number of hydrogen-bond donors (Lipinski definition) is 2. The number of fused-ring (bicyclic) bond motifs is 2. The Morgan fingerprint density at radius 1 is 0.911 bits per heavy atom. The van der Waals surface area contributed by atoms with Crippen molar-refractivity contribution in [1.29, 1.82) is 0 Å². The zero-order chi connectivity index (χ0) is 31.3. The fraction of sp³-hybridized carbons (Fsp3) is 0.250.